The molecule has 1 aliphatic heterocycles. The fourth-order valence-electron chi connectivity index (χ4n) is 2.34. The molecular weight excluding hydrogens is 238 g/mol. The van der Waals surface area contributed by atoms with E-state index in [-0.39, 0.29) is 0 Å². The zero-order valence-corrected chi connectivity index (χ0v) is 12.3. The molecule has 0 aromatic heterocycles. The first-order valence-corrected chi connectivity index (χ1v) is 7.36. The van der Waals surface area contributed by atoms with Gasteiger partial charge in [0.15, 0.2) is 11.5 Å². The quantitative estimate of drug-likeness (QED) is 0.780. The third-order valence-corrected chi connectivity index (χ3v) is 3.36. The molecule has 106 valence electrons. The van der Waals surface area contributed by atoms with Gasteiger partial charge in [0.1, 0.15) is 13.2 Å². The van der Waals surface area contributed by atoms with Crippen molar-refractivity contribution < 1.29 is 9.47 Å². The summed E-state index contributed by atoms with van der Waals surface area (Å²) in [4.78, 5) is 2.42. The monoisotopic (exact) mass is 263 g/mol. The molecule has 1 aliphatic rings. The standard InChI is InChI=1S/C16H25NO2/c1-4-9-17(10-8-13(2)3)14-6-5-7-15-16(14)19-12-11-18-15/h5-7,13H,4,8-12H2,1-3H3. The summed E-state index contributed by atoms with van der Waals surface area (Å²) >= 11 is 0. The number of fused-ring (bicyclic) bond motifs is 1. The molecule has 0 unspecified atom stereocenters. The average Bonchev–Trinajstić information content (AvgIpc) is 2.43. The number of rotatable bonds is 6. The number of ether oxygens (including phenoxy) is 2. The molecule has 2 rings (SSSR count). The Morgan fingerprint density at radius 3 is 2.68 bits per heavy atom. The fourth-order valence-corrected chi connectivity index (χ4v) is 2.34. The first-order valence-electron chi connectivity index (χ1n) is 7.36. The Kier molecular flexibility index (Phi) is 4.94. The summed E-state index contributed by atoms with van der Waals surface area (Å²) in [6.45, 7) is 10.2. The molecule has 3 nitrogen and oxygen atoms in total. The van der Waals surface area contributed by atoms with Crippen LogP contribution >= 0.6 is 0 Å². The summed E-state index contributed by atoms with van der Waals surface area (Å²) in [5, 5.41) is 0. The highest BCUT2D eigenvalue weighted by Crippen LogP contribution is 2.39. The van der Waals surface area contributed by atoms with Crippen molar-refractivity contribution in [3.63, 3.8) is 0 Å². The van der Waals surface area contributed by atoms with Gasteiger partial charge >= 0.3 is 0 Å². The van der Waals surface area contributed by atoms with Crippen LogP contribution < -0.4 is 14.4 Å². The van der Waals surface area contributed by atoms with Crippen LogP contribution in [0.4, 0.5) is 5.69 Å². The number of para-hydroxylation sites is 1. The van der Waals surface area contributed by atoms with Gasteiger partial charge in [0.25, 0.3) is 0 Å². The molecule has 0 fully saturated rings. The summed E-state index contributed by atoms with van der Waals surface area (Å²) in [5.41, 5.74) is 1.18. The lowest BCUT2D eigenvalue weighted by Gasteiger charge is -2.29. The zero-order valence-electron chi connectivity index (χ0n) is 12.3. The van der Waals surface area contributed by atoms with Crippen LogP contribution in [-0.2, 0) is 0 Å². The van der Waals surface area contributed by atoms with Crippen molar-refractivity contribution in [1.29, 1.82) is 0 Å². The van der Waals surface area contributed by atoms with Gasteiger partial charge in [0.2, 0.25) is 0 Å². The van der Waals surface area contributed by atoms with Gasteiger partial charge in [-0.2, -0.15) is 0 Å². The van der Waals surface area contributed by atoms with Crippen molar-refractivity contribution in [3.8, 4) is 11.5 Å². The molecule has 0 saturated heterocycles. The maximum atomic E-state index is 5.82. The second-order valence-corrected chi connectivity index (χ2v) is 5.47. The Morgan fingerprint density at radius 2 is 1.95 bits per heavy atom. The van der Waals surface area contributed by atoms with Crippen molar-refractivity contribution in [2.45, 2.75) is 33.6 Å². The normalized spacial score (nSPS) is 13.7. The van der Waals surface area contributed by atoms with Gasteiger partial charge in [-0.25, -0.2) is 0 Å². The lowest BCUT2D eigenvalue weighted by Crippen LogP contribution is -2.28. The van der Waals surface area contributed by atoms with Crippen molar-refractivity contribution >= 4 is 5.69 Å². The second kappa shape index (κ2) is 6.69. The molecule has 0 spiro atoms. The van der Waals surface area contributed by atoms with Crippen molar-refractivity contribution in [3.05, 3.63) is 18.2 Å². The maximum Gasteiger partial charge on any atom is 0.184 e. The first-order chi connectivity index (χ1) is 9.22. The number of hydrogen-bond acceptors (Lipinski definition) is 3. The van der Waals surface area contributed by atoms with Gasteiger partial charge in [0, 0.05) is 13.1 Å². The molecule has 0 saturated carbocycles. The Labute approximate surface area is 116 Å². The van der Waals surface area contributed by atoms with Crippen LogP contribution in [0.2, 0.25) is 0 Å². The van der Waals surface area contributed by atoms with Crippen molar-refractivity contribution in [1.82, 2.24) is 0 Å². The lowest BCUT2D eigenvalue weighted by molar-refractivity contribution is 0.172. The predicted octanol–water partition coefficient (Wildman–Crippen LogP) is 3.72. The summed E-state index contributed by atoms with van der Waals surface area (Å²) in [7, 11) is 0. The summed E-state index contributed by atoms with van der Waals surface area (Å²) in [6, 6.07) is 6.19. The van der Waals surface area contributed by atoms with Crippen molar-refractivity contribution in [2.75, 3.05) is 31.2 Å². The second-order valence-electron chi connectivity index (χ2n) is 5.47. The van der Waals surface area contributed by atoms with Gasteiger partial charge in [-0.05, 0) is 30.9 Å². The van der Waals surface area contributed by atoms with Gasteiger partial charge in [0.05, 0.1) is 5.69 Å². The SMILES string of the molecule is CCCN(CCC(C)C)c1cccc2c1OCCO2. The van der Waals surface area contributed by atoms with Crippen LogP contribution in [0.1, 0.15) is 33.6 Å². The van der Waals surface area contributed by atoms with Gasteiger partial charge in [-0.15, -0.1) is 0 Å². The summed E-state index contributed by atoms with van der Waals surface area (Å²) in [5.74, 6) is 2.52. The molecule has 1 heterocycles. The molecule has 1 aromatic carbocycles. The lowest BCUT2D eigenvalue weighted by atomic mass is 10.1. The minimum atomic E-state index is 0.647. The minimum absolute atomic E-state index is 0.647. The molecule has 1 aromatic rings. The highest BCUT2D eigenvalue weighted by Gasteiger charge is 2.19. The molecule has 0 bridgehead atoms. The molecular formula is C16H25NO2. The number of hydrogen-bond donors (Lipinski definition) is 0. The third kappa shape index (κ3) is 3.55. The van der Waals surface area contributed by atoms with Crippen LogP contribution in [-0.4, -0.2) is 26.3 Å². The summed E-state index contributed by atoms with van der Waals surface area (Å²) in [6.07, 6.45) is 2.34. The van der Waals surface area contributed by atoms with E-state index in [0.29, 0.717) is 13.2 Å². The highest BCUT2D eigenvalue weighted by molar-refractivity contribution is 5.65. The predicted molar refractivity (Wildman–Crippen MR) is 79.4 cm³/mol. The Balaban J connectivity index is 2.20. The molecule has 0 atom stereocenters. The minimum Gasteiger partial charge on any atom is -0.486 e. The van der Waals surface area contributed by atoms with E-state index < -0.39 is 0 Å². The van der Waals surface area contributed by atoms with E-state index in [1.54, 1.807) is 0 Å². The van der Waals surface area contributed by atoms with Crippen LogP contribution in [0, 0.1) is 5.92 Å². The number of benzene rings is 1. The van der Waals surface area contributed by atoms with Crippen LogP contribution in [0.3, 0.4) is 0 Å². The highest BCUT2D eigenvalue weighted by atomic mass is 16.6. The van der Waals surface area contributed by atoms with Gasteiger partial charge < -0.3 is 14.4 Å². The van der Waals surface area contributed by atoms with E-state index in [2.05, 4.69) is 37.8 Å². The van der Waals surface area contributed by atoms with Gasteiger partial charge in [-0.3, -0.25) is 0 Å². The molecule has 0 amide bonds. The van der Waals surface area contributed by atoms with E-state index in [1.165, 1.54) is 12.1 Å². The molecule has 0 aliphatic carbocycles. The zero-order chi connectivity index (χ0) is 13.7. The average molecular weight is 263 g/mol. The van der Waals surface area contributed by atoms with Crippen LogP contribution in [0.15, 0.2) is 18.2 Å². The maximum absolute atomic E-state index is 5.82. The Morgan fingerprint density at radius 1 is 1.16 bits per heavy atom. The van der Waals surface area contributed by atoms with E-state index >= 15 is 0 Å². The number of anilines is 1. The van der Waals surface area contributed by atoms with Crippen LogP contribution in [0.5, 0.6) is 11.5 Å². The topological polar surface area (TPSA) is 21.7 Å². The van der Waals surface area contributed by atoms with Crippen molar-refractivity contribution in [2.24, 2.45) is 5.92 Å². The van der Waals surface area contributed by atoms with Crippen LogP contribution in [0.25, 0.3) is 0 Å². The fraction of sp³-hybridized carbons (Fsp3) is 0.625. The summed E-state index contributed by atoms with van der Waals surface area (Å²) < 4.78 is 11.5. The van der Waals surface area contributed by atoms with E-state index in [0.717, 1.165) is 36.9 Å². The third-order valence-electron chi connectivity index (χ3n) is 3.36. The molecule has 3 heteroatoms. The Bertz CT molecular complexity index is 404. The smallest absolute Gasteiger partial charge is 0.184 e. The number of nitrogens with zero attached hydrogens (tertiary/aromatic N) is 1. The molecule has 0 radical (unpaired) electrons. The molecule has 0 N–H and O–H groups in total. The largest absolute Gasteiger partial charge is 0.486 e. The van der Waals surface area contributed by atoms with Gasteiger partial charge in [-0.1, -0.05) is 26.8 Å². The first kappa shape index (κ1) is 14.0. The molecule has 19 heavy (non-hydrogen) atoms. The Hall–Kier alpha value is -1.38. The van der Waals surface area contributed by atoms with E-state index in [9.17, 15) is 0 Å². The van der Waals surface area contributed by atoms with E-state index in [4.69, 9.17) is 9.47 Å². The van der Waals surface area contributed by atoms with E-state index in [1.807, 2.05) is 6.07 Å².